The van der Waals surface area contributed by atoms with Gasteiger partial charge < -0.3 is 94.4 Å². The normalized spacial score (nSPS) is 16.5. The smallest absolute Gasteiger partial charge is 0.416 e. The van der Waals surface area contributed by atoms with E-state index >= 15 is 0 Å². The first-order valence-electron chi connectivity index (χ1n) is 42.9. The minimum Gasteiger partial charge on any atom is -0.508 e. The van der Waals surface area contributed by atoms with Gasteiger partial charge in [-0.3, -0.25) is 68.3 Å². The predicted octanol–water partition coefficient (Wildman–Crippen LogP) is 13.6. The lowest BCUT2D eigenvalue weighted by Gasteiger charge is -2.20. The summed E-state index contributed by atoms with van der Waals surface area (Å²) in [6, 6.07) is 29.2. The summed E-state index contributed by atoms with van der Waals surface area (Å²) < 4.78 is 80.5. The zero-order chi connectivity index (χ0) is 99.1. The molecule has 4 aliphatic rings. The molecule has 6 aromatic carbocycles. The Morgan fingerprint density at radius 1 is 0.360 bits per heavy atom. The van der Waals surface area contributed by atoms with Crippen LogP contribution in [-0.2, 0) is 31.5 Å². The number of alkyl halides is 6. The summed E-state index contributed by atoms with van der Waals surface area (Å²) in [7, 11) is 0. The van der Waals surface area contributed by atoms with Crippen LogP contribution in [0.25, 0.3) is 0 Å². The van der Waals surface area contributed by atoms with Crippen LogP contribution in [0.2, 0.25) is 20.1 Å². The number of halogens is 12. The number of hydrogen-bond acceptors (Lipinski definition) is 28. The molecule has 0 aliphatic carbocycles. The van der Waals surface area contributed by atoms with E-state index in [1.807, 2.05) is 38.1 Å². The van der Waals surface area contributed by atoms with Crippen molar-refractivity contribution in [2.75, 3.05) is 99.8 Å². The van der Waals surface area contributed by atoms with Crippen molar-refractivity contribution >= 4 is 172 Å². The number of Topliss-reactive ketones (excluding diaryl/α,β-unsaturated/α-hetero) is 4. The molecule has 18 N–H and O–H groups in total. The first-order chi connectivity index (χ1) is 64.5. The number of β-amino-alcohol motifs (C(OH)–C–C–N with tert-alkyl or cyclic N) is 4. The highest BCUT2D eigenvalue weighted by Gasteiger charge is 2.34. The van der Waals surface area contributed by atoms with Crippen molar-refractivity contribution < 1.29 is 95.3 Å². The Balaban J connectivity index is 0.000000203. The maximum atomic E-state index is 13.1. The van der Waals surface area contributed by atoms with E-state index < -0.39 is 77.5 Å². The fraction of sp³-hybridized carbons (Fsp3) is 0.370. The van der Waals surface area contributed by atoms with Crippen molar-refractivity contribution in [1.82, 2.24) is 52.5 Å². The maximum Gasteiger partial charge on any atom is 0.416 e. The number of carbonyl (C=O) groups is 8. The summed E-state index contributed by atoms with van der Waals surface area (Å²) in [6.07, 6.45) is -2.73. The SMILES string of the molecule is CC[C@H](CC(=O)CNC(=O)c1cc(O)cc(NC2=NCC(O)CN2)c1)c1cc(Cl)cc(Br)c1.CC[C@H](CC(=O)CNC(=O)c1cc(O)cc(NC2=NCC(O)CN2)c1)c1cc(Cl)cc(C(F)(F)F)c1.CC[C@H](CC(=O)CNC(=O)c1cncc(NC2=NCC(O)CN2)c1)c1cc(Cl)cc(Br)c1.CC[C@H](CC(=O)CNC(=O)c1cncc(NC2=NCC(O)CN2)c1)c1cc(Cl)cc(C(F)(F)F)c1. The summed E-state index contributed by atoms with van der Waals surface area (Å²) in [6.45, 7) is 9.10. The molecule has 8 atom stereocenters. The zero-order valence-corrected chi connectivity index (χ0v) is 80.0. The number of carbonyl (C=O) groups excluding carboxylic acids is 8. The van der Waals surface area contributed by atoms with E-state index in [-0.39, 0.29) is 144 Å². The molecule has 4 amide bonds. The molecule has 728 valence electrons. The third-order valence-electron chi connectivity index (χ3n) is 21.1. The van der Waals surface area contributed by atoms with Gasteiger partial charge in [0.15, 0.2) is 47.0 Å². The number of hydrogen-bond donors (Lipinski definition) is 18. The third kappa shape index (κ3) is 35.8. The number of phenolic OH excluding ortho intramolecular Hbond substituents is 2. The van der Waals surface area contributed by atoms with Crippen LogP contribution in [0.3, 0.4) is 0 Å². The Morgan fingerprint density at radius 3 is 0.875 bits per heavy atom. The van der Waals surface area contributed by atoms with Gasteiger partial charge in [-0.25, -0.2) is 0 Å². The lowest BCUT2D eigenvalue weighted by molar-refractivity contribution is -0.138. The minimum atomic E-state index is -4.56. The average molecular weight is 2100 g/mol. The fourth-order valence-corrected chi connectivity index (χ4v) is 16.3. The van der Waals surface area contributed by atoms with Crippen LogP contribution >= 0.6 is 78.3 Å². The number of pyridine rings is 2. The molecular formula is C92H102Br2Cl4F6N18O14. The maximum absolute atomic E-state index is 13.1. The van der Waals surface area contributed by atoms with E-state index in [9.17, 15) is 95.3 Å². The van der Waals surface area contributed by atoms with Crippen molar-refractivity contribution in [2.45, 2.75) is 140 Å². The lowest BCUT2D eigenvalue weighted by atomic mass is 9.90. The molecule has 6 heterocycles. The molecule has 0 spiro atoms. The standard InChI is InChI=1S/C24H26ClF3N4O4.C23H26BrClN4O4.C23H25ClF3N5O3.C22H25BrClN5O3/c1-2-13(14-3-16(24(26,27)28)8-17(25)4-14)6-20(34)10-29-22(36)15-5-18(9-19(33)7-15)32-23-30-11-21(35)12-31-23;1-2-13(14-3-16(24)8-17(25)4-14)6-20(31)10-26-22(33)15-5-18(9-19(30)7-15)29-23-27-11-21(32)12-28-23;1-2-13(14-3-16(23(25,26)27)7-17(24)4-14)6-19(33)10-29-21(35)15-5-18(9-28-8-15)32-22-30-11-20(34)12-31-22;1-2-13(14-3-16(23)7-17(24)4-14)6-19(30)10-26-21(32)15-5-18(9-25-8-15)29-22-27-11-20(31)12-28-22/h3-5,7-9,13,21,33,35H,2,6,10-12H2,1H3,(H,29,36)(H2,30,31,32);3-5,7-9,13,21,30,32H,2,6,10-12H2,1H3,(H,26,33)(H2,27,28,29);3-5,7-9,13,20,34H,2,6,10-12H2,1H3,(H,29,35)(H2,30,31,32);3-5,7-9,13,20,31H,2,6,10-12H2,1H3,(H,26,32)(H2,27,28,29)/t4*13-/m1111/s1. The number of amides is 4. The number of rotatable bonds is 32. The molecule has 136 heavy (non-hydrogen) atoms. The number of benzene rings is 6. The molecule has 44 heteroatoms. The van der Waals surface area contributed by atoms with E-state index in [4.69, 9.17) is 46.4 Å². The van der Waals surface area contributed by atoms with Gasteiger partial charge in [-0.15, -0.1) is 0 Å². The second kappa shape index (κ2) is 52.1. The predicted molar refractivity (Wildman–Crippen MR) is 516 cm³/mol. The molecule has 8 aromatic rings. The summed E-state index contributed by atoms with van der Waals surface area (Å²) >= 11 is 30.9. The number of nitrogens with one attached hydrogen (secondary N) is 12. The minimum absolute atomic E-state index is 0.0109. The highest BCUT2D eigenvalue weighted by Crippen LogP contribution is 2.39. The second-order valence-corrected chi connectivity index (χ2v) is 35.5. The average Bonchev–Trinajstić information content (AvgIpc) is 0.819. The second-order valence-electron chi connectivity index (χ2n) is 31.9. The molecule has 0 radical (unpaired) electrons. The zero-order valence-electron chi connectivity index (χ0n) is 73.8. The summed E-state index contributed by atoms with van der Waals surface area (Å²) in [4.78, 5) is 125. The van der Waals surface area contributed by atoms with Gasteiger partial charge in [-0.2, -0.15) is 26.3 Å². The number of guanidine groups is 4. The van der Waals surface area contributed by atoms with Crippen LogP contribution in [0, 0.1) is 0 Å². The van der Waals surface area contributed by atoms with E-state index in [0.29, 0.717) is 125 Å². The quantitative estimate of drug-likeness (QED) is 0.0174. The highest BCUT2D eigenvalue weighted by atomic mass is 79.9. The van der Waals surface area contributed by atoms with Crippen molar-refractivity contribution in [3.05, 3.63) is 231 Å². The Hall–Kier alpha value is -11.6. The van der Waals surface area contributed by atoms with Crippen LogP contribution in [0.1, 0.15) is 178 Å². The highest BCUT2D eigenvalue weighted by molar-refractivity contribution is 9.10. The summed E-state index contributed by atoms with van der Waals surface area (Å²) in [5, 5.41) is 92.8. The van der Waals surface area contributed by atoms with Gasteiger partial charge in [-0.1, -0.05) is 106 Å². The molecule has 4 aliphatic heterocycles. The molecule has 2 aromatic heterocycles. The summed E-state index contributed by atoms with van der Waals surface area (Å²) in [5.41, 5.74) is 3.50. The Bertz CT molecular complexity index is 5670. The number of aromatic hydroxyl groups is 2. The Labute approximate surface area is 815 Å². The Morgan fingerprint density at radius 2 is 0.618 bits per heavy atom. The molecule has 0 saturated heterocycles. The van der Waals surface area contributed by atoms with Crippen molar-refractivity contribution in [2.24, 2.45) is 20.0 Å². The number of aliphatic hydroxyl groups is 4. The molecule has 32 nitrogen and oxygen atoms in total. The van der Waals surface area contributed by atoms with Crippen LogP contribution in [0.15, 0.2) is 175 Å². The topological polar surface area (TPSA) is 478 Å². The van der Waals surface area contributed by atoms with E-state index in [1.165, 1.54) is 67.1 Å². The number of aromatic nitrogens is 2. The van der Waals surface area contributed by atoms with Gasteiger partial charge in [0.2, 0.25) is 0 Å². The fourth-order valence-electron chi connectivity index (χ4n) is 14.1. The van der Waals surface area contributed by atoms with E-state index in [1.54, 1.807) is 44.3 Å². The summed E-state index contributed by atoms with van der Waals surface area (Å²) in [5.74, 6) is -2.42. The van der Waals surface area contributed by atoms with Gasteiger partial charge in [0.1, 0.15) is 11.5 Å². The number of aliphatic imine (C=N–C) groups is 4. The number of ketones is 4. The molecule has 0 fully saturated rings. The number of nitrogens with zero attached hydrogens (tertiary/aromatic N) is 6. The van der Waals surface area contributed by atoms with E-state index in [0.717, 1.165) is 57.2 Å². The largest absolute Gasteiger partial charge is 0.508 e. The molecular weight excluding hydrogens is 2000 g/mol. The Kier molecular flexibility index (Phi) is 41.4. The first kappa shape index (κ1) is 108. The van der Waals surface area contributed by atoms with Crippen LogP contribution in [-0.4, -0.2) is 214 Å². The van der Waals surface area contributed by atoms with Crippen LogP contribution in [0.4, 0.5) is 49.1 Å². The first-order valence-corrected chi connectivity index (χ1v) is 46.0. The van der Waals surface area contributed by atoms with Crippen molar-refractivity contribution in [3.63, 3.8) is 0 Å². The van der Waals surface area contributed by atoms with Crippen LogP contribution in [0.5, 0.6) is 11.5 Å². The monoisotopic (exact) mass is 2090 g/mol. The number of phenols is 2. The van der Waals surface area contributed by atoms with Gasteiger partial charge in [-0.05, 0) is 181 Å². The molecule has 0 saturated carbocycles. The lowest BCUT2D eigenvalue weighted by Crippen LogP contribution is -2.42. The molecule has 4 unspecified atom stereocenters. The van der Waals surface area contributed by atoms with Crippen LogP contribution < -0.4 is 63.8 Å². The van der Waals surface area contributed by atoms with Crippen molar-refractivity contribution in [3.8, 4) is 11.5 Å². The number of anilines is 4. The van der Waals surface area contributed by atoms with E-state index in [2.05, 4.69) is 126 Å². The van der Waals surface area contributed by atoms with Crippen molar-refractivity contribution in [1.29, 1.82) is 0 Å². The van der Waals surface area contributed by atoms with Gasteiger partial charge in [0.05, 0.1) is 123 Å². The molecule has 0 bridgehead atoms. The number of aliphatic hydroxyl groups excluding tert-OH is 4. The third-order valence-corrected chi connectivity index (χ3v) is 22.9. The van der Waals surface area contributed by atoms with Gasteiger partial charge in [0.25, 0.3) is 23.6 Å². The molecule has 12 rings (SSSR count). The van der Waals surface area contributed by atoms with Gasteiger partial charge >= 0.3 is 12.4 Å². The van der Waals surface area contributed by atoms with Gasteiger partial charge in [0, 0.05) is 128 Å².